The lowest BCUT2D eigenvalue weighted by molar-refractivity contribution is 0.354. The summed E-state index contributed by atoms with van der Waals surface area (Å²) in [6.45, 7) is 9.20. The van der Waals surface area contributed by atoms with Crippen LogP contribution in [0.2, 0.25) is 0 Å². The second-order valence-electron chi connectivity index (χ2n) is 6.03. The van der Waals surface area contributed by atoms with Crippen LogP contribution in [-0.2, 0) is 6.42 Å². The number of nitrogens with one attached hydrogen (secondary N) is 1. The van der Waals surface area contributed by atoms with Crippen LogP contribution in [0.5, 0.6) is 0 Å². The molecule has 0 aromatic heterocycles. The Labute approximate surface area is 133 Å². The zero-order chi connectivity index (χ0) is 14.8. The normalized spacial score (nSPS) is 14.2. The Morgan fingerprint density at radius 3 is 2.65 bits per heavy atom. The maximum absolute atomic E-state index is 3.61. The van der Waals surface area contributed by atoms with Crippen molar-refractivity contribution in [3.8, 4) is 0 Å². The fourth-order valence-electron chi connectivity index (χ4n) is 2.90. The van der Waals surface area contributed by atoms with Crippen LogP contribution in [0.4, 0.5) is 0 Å². The van der Waals surface area contributed by atoms with Crippen molar-refractivity contribution in [1.82, 2.24) is 5.32 Å². The highest BCUT2D eigenvalue weighted by atomic mass is 79.9. The second kappa shape index (κ2) is 10.4. The maximum Gasteiger partial charge on any atom is 0.0177 e. The Hall–Kier alpha value is -0.340. The summed E-state index contributed by atoms with van der Waals surface area (Å²) in [6, 6.07) is 8.76. The molecule has 0 radical (unpaired) electrons. The van der Waals surface area contributed by atoms with Gasteiger partial charge in [-0.15, -0.1) is 0 Å². The molecule has 0 saturated heterocycles. The van der Waals surface area contributed by atoms with Gasteiger partial charge in [-0.25, -0.2) is 0 Å². The first-order chi connectivity index (χ1) is 9.65. The Bertz CT molecular complexity index is 364. The van der Waals surface area contributed by atoms with E-state index in [1.54, 1.807) is 0 Å². The molecule has 0 bridgehead atoms. The Kier molecular flexibility index (Phi) is 9.21. The molecule has 1 nitrogen and oxygen atoms in total. The van der Waals surface area contributed by atoms with Crippen molar-refractivity contribution in [2.24, 2.45) is 11.8 Å². The van der Waals surface area contributed by atoms with Gasteiger partial charge in [0.25, 0.3) is 0 Å². The Morgan fingerprint density at radius 2 is 2.00 bits per heavy atom. The minimum atomic E-state index is 0.748. The molecule has 1 N–H and O–H groups in total. The second-order valence-corrected chi connectivity index (χ2v) is 6.95. The van der Waals surface area contributed by atoms with Crippen LogP contribution >= 0.6 is 15.9 Å². The van der Waals surface area contributed by atoms with Crippen LogP contribution in [0.25, 0.3) is 0 Å². The fraction of sp³-hybridized carbons (Fsp3) is 0.667. The number of rotatable bonds is 10. The van der Waals surface area contributed by atoms with Gasteiger partial charge in [0.15, 0.2) is 0 Å². The molecule has 0 aliphatic rings. The predicted octanol–water partition coefficient (Wildman–Crippen LogP) is 5.43. The number of benzene rings is 1. The first kappa shape index (κ1) is 17.7. The van der Waals surface area contributed by atoms with E-state index in [4.69, 9.17) is 0 Å². The SMILES string of the molecule is CCCNCC(Cc1cccc(Br)c1)CC(C)CCC. The van der Waals surface area contributed by atoms with E-state index in [1.165, 1.54) is 42.1 Å². The highest BCUT2D eigenvalue weighted by Crippen LogP contribution is 2.22. The third-order valence-electron chi connectivity index (χ3n) is 3.79. The van der Waals surface area contributed by atoms with Gasteiger partial charge in [0.2, 0.25) is 0 Å². The van der Waals surface area contributed by atoms with Gasteiger partial charge in [-0.2, -0.15) is 0 Å². The molecule has 0 spiro atoms. The van der Waals surface area contributed by atoms with E-state index in [9.17, 15) is 0 Å². The smallest absolute Gasteiger partial charge is 0.0177 e. The molecule has 0 fully saturated rings. The summed E-state index contributed by atoms with van der Waals surface area (Å²) in [5.41, 5.74) is 1.45. The van der Waals surface area contributed by atoms with Gasteiger partial charge in [0.05, 0.1) is 0 Å². The molecule has 1 rings (SSSR count). The van der Waals surface area contributed by atoms with Gasteiger partial charge in [-0.05, 0) is 61.9 Å². The quantitative estimate of drug-likeness (QED) is 0.560. The molecule has 2 unspecified atom stereocenters. The average molecular weight is 340 g/mol. The molecule has 0 aliphatic heterocycles. The van der Waals surface area contributed by atoms with Crippen LogP contribution in [-0.4, -0.2) is 13.1 Å². The fourth-order valence-corrected chi connectivity index (χ4v) is 3.35. The predicted molar refractivity (Wildman–Crippen MR) is 93.2 cm³/mol. The summed E-state index contributed by atoms with van der Waals surface area (Å²) >= 11 is 3.58. The van der Waals surface area contributed by atoms with Gasteiger partial charge < -0.3 is 5.32 Å². The molecule has 0 amide bonds. The standard InChI is InChI=1S/C18H30BrN/c1-4-7-15(3)11-17(14-20-10-5-2)12-16-8-6-9-18(19)13-16/h6,8-9,13,15,17,20H,4-5,7,10-12,14H2,1-3H3. The topological polar surface area (TPSA) is 12.0 Å². The molecule has 0 heterocycles. The van der Waals surface area contributed by atoms with E-state index in [0.29, 0.717) is 0 Å². The lowest BCUT2D eigenvalue weighted by Gasteiger charge is -2.21. The molecule has 2 atom stereocenters. The molecular formula is C18H30BrN. The van der Waals surface area contributed by atoms with Crippen molar-refractivity contribution in [2.75, 3.05) is 13.1 Å². The largest absolute Gasteiger partial charge is 0.316 e. The van der Waals surface area contributed by atoms with Crippen LogP contribution in [0.3, 0.4) is 0 Å². The first-order valence-electron chi connectivity index (χ1n) is 8.10. The van der Waals surface area contributed by atoms with Gasteiger partial charge in [0, 0.05) is 4.47 Å². The zero-order valence-electron chi connectivity index (χ0n) is 13.3. The molecular weight excluding hydrogens is 310 g/mol. The highest BCUT2D eigenvalue weighted by molar-refractivity contribution is 9.10. The monoisotopic (exact) mass is 339 g/mol. The van der Waals surface area contributed by atoms with Crippen molar-refractivity contribution < 1.29 is 0 Å². The lowest BCUT2D eigenvalue weighted by atomic mass is 9.88. The van der Waals surface area contributed by atoms with Crippen molar-refractivity contribution in [2.45, 2.75) is 52.9 Å². The van der Waals surface area contributed by atoms with Crippen molar-refractivity contribution >= 4 is 15.9 Å². The minimum Gasteiger partial charge on any atom is -0.316 e. The number of halogens is 1. The third kappa shape index (κ3) is 7.44. The van der Waals surface area contributed by atoms with Crippen LogP contribution < -0.4 is 5.32 Å². The number of hydrogen-bond acceptors (Lipinski definition) is 1. The van der Waals surface area contributed by atoms with Crippen LogP contribution in [0, 0.1) is 11.8 Å². The van der Waals surface area contributed by atoms with Gasteiger partial charge >= 0.3 is 0 Å². The van der Waals surface area contributed by atoms with E-state index in [1.807, 2.05) is 0 Å². The maximum atomic E-state index is 3.61. The van der Waals surface area contributed by atoms with Gasteiger partial charge in [-0.1, -0.05) is 61.7 Å². The summed E-state index contributed by atoms with van der Waals surface area (Å²) in [4.78, 5) is 0. The summed E-state index contributed by atoms with van der Waals surface area (Å²) in [6.07, 6.45) is 6.38. The van der Waals surface area contributed by atoms with Crippen molar-refractivity contribution in [1.29, 1.82) is 0 Å². The molecule has 0 aliphatic carbocycles. The summed E-state index contributed by atoms with van der Waals surface area (Å²) < 4.78 is 1.19. The summed E-state index contributed by atoms with van der Waals surface area (Å²) in [5.74, 6) is 1.58. The summed E-state index contributed by atoms with van der Waals surface area (Å²) in [5, 5.41) is 3.61. The third-order valence-corrected chi connectivity index (χ3v) is 4.28. The lowest BCUT2D eigenvalue weighted by Crippen LogP contribution is -2.26. The first-order valence-corrected chi connectivity index (χ1v) is 8.90. The van der Waals surface area contributed by atoms with E-state index in [0.717, 1.165) is 24.9 Å². The summed E-state index contributed by atoms with van der Waals surface area (Å²) in [7, 11) is 0. The Balaban J connectivity index is 2.56. The molecule has 2 heteroatoms. The van der Waals surface area contributed by atoms with E-state index in [2.05, 4.69) is 66.3 Å². The molecule has 1 aromatic carbocycles. The van der Waals surface area contributed by atoms with E-state index < -0.39 is 0 Å². The van der Waals surface area contributed by atoms with Crippen LogP contribution in [0.1, 0.15) is 52.0 Å². The van der Waals surface area contributed by atoms with Gasteiger partial charge in [0.1, 0.15) is 0 Å². The minimum absolute atomic E-state index is 0.748. The number of hydrogen-bond donors (Lipinski definition) is 1. The molecule has 114 valence electrons. The van der Waals surface area contributed by atoms with Crippen molar-refractivity contribution in [3.63, 3.8) is 0 Å². The van der Waals surface area contributed by atoms with E-state index in [-0.39, 0.29) is 0 Å². The Morgan fingerprint density at radius 1 is 1.20 bits per heavy atom. The van der Waals surface area contributed by atoms with Crippen molar-refractivity contribution in [3.05, 3.63) is 34.3 Å². The molecule has 20 heavy (non-hydrogen) atoms. The molecule has 1 aromatic rings. The highest BCUT2D eigenvalue weighted by Gasteiger charge is 2.13. The van der Waals surface area contributed by atoms with E-state index >= 15 is 0 Å². The van der Waals surface area contributed by atoms with Gasteiger partial charge in [-0.3, -0.25) is 0 Å². The van der Waals surface area contributed by atoms with Crippen LogP contribution in [0.15, 0.2) is 28.7 Å². The molecule has 0 saturated carbocycles. The zero-order valence-corrected chi connectivity index (χ0v) is 14.9. The average Bonchev–Trinajstić information content (AvgIpc) is 2.39.